The lowest BCUT2D eigenvalue weighted by Gasteiger charge is -2.12. The number of halogens is 3. The molecule has 0 aliphatic rings. The van der Waals surface area contributed by atoms with Crippen molar-refractivity contribution < 1.29 is 21.9 Å². The SMILES string of the molecule is O=S(=O)(CCCCl)Nc1ccccc1OC(F)F. The molecule has 1 rings (SSSR count). The van der Waals surface area contributed by atoms with Crippen LogP contribution in [0.25, 0.3) is 0 Å². The average Bonchev–Trinajstić information content (AvgIpc) is 2.28. The van der Waals surface area contributed by atoms with Crippen molar-refractivity contribution in [2.45, 2.75) is 13.0 Å². The van der Waals surface area contributed by atoms with Gasteiger partial charge >= 0.3 is 6.61 Å². The molecular formula is C10H12ClF2NO3S. The third kappa shape index (κ3) is 5.05. The molecule has 0 amide bonds. The standard InChI is InChI=1S/C10H12ClF2NO3S/c11-6-3-7-18(15,16)14-8-4-1-2-5-9(8)17-10(12)13/h1-2,4-5,10,14H,3,6-7H2. The zero-order valence-corrected chi connectivity index (χ0v) is 10.8. The number of hydrogen-bond acceptors (Lipinski definition) is 3. The van der Waals surface area contributed by atoms with E-state index in [1.54, 1.807) is 0 Å². The predicted octanol–water partition coefficient (Wildman–Crippen LogP) is 2.66. The van der Waals surface area contributed by atoms with Gasteiger partial charge < -0.3 is 4.74 Å². The number of nitrogens with one attached hydrogen (secondary N) is 1. The van der Waals surface area contributed by atoms with Crippen LogP contribution in [0.15, 0.2) is 24.3 Å². The Balaban J connectivity index is 2.83. The van der Waals surface area contributed by atoms with E-state index in [2.05, 4.69) is 9.46 Å². The van der Waals surface area contributed by atoms with E-state index in [-0.39, 0.29) is 29.5 Å². The summed E-state index contributed by atoms with van der Waals surface area (Å²) in [6.07, 6.45) is 0.273. The van der Waals surface area contributed by atoms with Crippen LogP contribution < -0.4 is 9.46 Å². The maximum atomic E-state index is 12.1. The topological polar surface area (TPSA) is 55.4 Å². The lowest BCUT2D eigenvalue weighted by atomic mass is 10.3. The molecule has 0 atom stereocenters. The van der Waals surface area contributed by atoms with E-state index in [1.165, 1.54) is 24.3 Å². The number of ether oxygens (including phenoxy) is 1. The molecule has 18 heavy (non-hydrogen) atoms. The van der Waals surface area contributed by atoms with Gasteiger partial charge in [-0.05, 0) is 18.6 Å². The molecule has 0 aliphatic heterocycles. The van der Waals surface area contributed by atoms with Crippen molar-refractivity contribution in [2.24, 2.45) is 0 Å². The predicted molar refractivity (Wildman–Crippen MR) is 65.8 cm³/mol. The summed E-state index contributed by atoms with van der Waals surface area (Å²) in [5.41, 5.74) is -0.0210. The van der Waals surface area contributed by atoms with Gasteiger partial charge in [-0.2, -0.15) is 8.78 Å². The highest BCUT2D eigenvalue weighted by atomic mass is 35.5. The van der Waals surface area contributed by atoms with E-state index in [1.807, 2.05) is 0 Å². The second-order valence-corrected chi connectivity index (χ2v) is 5.56. The molecule has 0 fully saturated rings. The fraction of sp³-hybridized carbons (Fsp3) is 0.400. The summed E-state index contributed by atoms with van der Waals surface area (Å²) in [7, 11) is -3.61. The van der Waals surface area contributed by atoms with Gasteiger partial charge in [0, 0.05) is 5.88 Å². The minimum atomic E-state index is -3.61. The average molecular weight is 300 g/mol. The number of alkyl halides is 3. The van der Waals surface area contributed by atoms with Gasteiger partial charge in [0.2, 0.25) is 10.0 Å². The fourth-order valence-electron chi connectivity index (χ4n) is 1.21. The number of rotatable bonds is 7. The van der Waals surface area contributed by atoms with Crippen LogP contribution in [0, 0.1) is 0 Å². The van der Waals surface area contributed by atoms with Crippen molar-refractivity contribution in [3.63, 3.8) is 0 Å². The van der Waals surface area contributed by atoms with Crippen molar-refractivity contribution in [1.29, 1.82) is 0 Å². The summed E-state index contributed by atoms with van der Waals surface area (Å²) < 4.78 is 53.8. The summed E-state index contributed by atoms with van der Waals surface area (Å²) in [6.45, 7) is -3.02. The number of para-hydroxylation sites is 2. The molecule has 0 spiro atoms. The normalized spacial score (nSPS) is 11.6. The van der Waals surface area contributed by atoms with E-state index in [0.717, 1.165) is 0 Å². The smallest absolute Gasteiger partial charge is 0.387 e. The summed E-state index contributed by atoms with van der Waals surface area (Å²) >= 11 is 5.39. The molecule has 0 aromatic heterocycles. The maximum absolute atomic E-state index is 12.1. The monoisotopic (exact) mass is 299 g/mol. The third-order valence-electron chi connectivity index (χ3n) is 1.92. The van der Waals surface area contributed by atoms with Gasteiger partial charge in [-0.25, -0.2) is 8.42 Å². The van der Waals surface area contributed by atoms with Crippen molar-refractivity contribution >= 4 is 27.3 Å². The molecule has 1 N–H and O–H groups in total. The van der Waals surface area contributed by atoms with Gasteiger partial charge in [0.05, 0.1) is 11.4 Å². The van der Waals surface area contributed by atoms with Crippen LogP contribution in [0.3, 0.4) is 0 Å². The van der Waals surface area contributed by atoms with Crippen LogP contribution in [0.1, 0.15) is 6.42 Å². The number of benzene rings is 1. The van der Waals surface area contributed by atoms with Crippen LogP contribution in [0.4, 0.5) is 14.5 Å². The van der Waals surface area contributed by atoms with E-state index in [9.17, 15) is 17.2 Å². The molecule has 1 aromatic rings. The Morgan fingerprint density at radius 2 is 2.00 bits per heavy atom. The van der Waals surface area contributed by atoms with Gasteiger partial charge in [-0.15, -0.1) is 11.6 Å². The molecule has 0 saturated carbocycles. The minimum absolute atomic E-state index is 0.0210. The second-order valence-electron chi connectivity index (χ2n) is 3.34. The van der Waals surface area contributed by atoms with Crippen molar-refractivity contribution in [3.05, 3.63) is 24.3 Å². The Kier molecular flexibility index (Phi) is 5.61. The highest BCUT2D eigenvalue weighted by Gasteiger charge is 2.15. The first-order valence-corrected chi connectivity index (χ1v) is 7.23. The zero-order chi connectivity index (χ0) is 13.6. The summed E-state index contributed by atoms with van der Waals surface area (Å²) in [5, 5.41) is 0. The Bertz CT molecular complexity index is 482. The van der Waals surface area contributed by atoms with Gasteiger partial charge in [-0.1, -0.05) is 12.1 Å². The van der Waals surface area contributed by atoms with E-state index in [0.29, 0.717) is 0 Å². The van der Waals surface area contributed by atoms with Crippen molar-refractivity contribution in [3.8, 4) is 5.75 Å². The van der Waals surface area contributed by atoms with Gasteiger partial charge in [0.15, 0.2) is 0 Å². The zero-order valence-electron chi connectivity index (χ0n) is 9.27. The van der Waals surface area contributed by atoms with Crippen molar-refractivity contribution in [1.82, 2.24) is 0 Å². The maximum Gasteiger partial charge on any atom is 0.387 e. The van der Waals surface area contributed by atoms with Crippen molar-refractivity contribution in [2.75, 3.05) is 16.4 Å². The fourth-order valence-corrected chi connectivity index (χ4v) is 2.64. The number of sulfonamides is 1. The first-order chi connectivity index (χ1) is 8.44. The Morgan fingerprint density at radius 1 is 1.33 bits per heavy atom. The highest BCUT2D eigenvalue weighted by Crippen LogP contribution is 2.26. The summed E-state index contributed by atoms with van der Waals surface area (Å²) in [4.78, 5) is 0. The Morgan fingerprint density at radius 3 is 2.61 bits per heavy atom. The number of anilines is 1. The Hall–Kier alpha value is -1.08. The molecular weight excluding hydrogens is 288 g/mol. The summed E-state index contributed by atoms with van der Waals surface area (Å²) in [5.74, 6) is -0.197. The molecule has 102 valence electrons. The molecule has 0 bridgehead atoms. The summed E-state index contributed by atoms with van der Waals surface area (Å²) in [6, 6.07) is 5.58. The van der Waals surface area contributed by atoms with Gasteiger partial charge in [-0.3, -0.25) is 4.72 Å². The van der Waals surface area contributed by atoms with Crippen LogP contribution in [-0.4, -0.2) is 26.7 Å². The highest BCUT2D eigenvalue weighted by molar-refractivity contribution is 7.92. The van der Waals surface area contributed by atoms with E-state index >= 15 is 0 Å². The van der Waals surface area contributed by atoms with Gasteiger partial charge in [0.25, 0.3) is 0 Å². The molecule has 0 radical (unpaired) electrons. The number of hydrogen-bond donors (Lipinski definition) is 1. The molecule has 4 nitrogen and oxygen atoms in total. The quantitative estimate of drug-likeness (QED) is 0.788. The third-order valence-corrected chi connectivity index (χ3v) is 3.54. The Labute approximate surface area is 109 Å². The lowest BCUT2D eigenvalue weighted by molar-refractivity contribution is -0.0493. The molecule has 8 heteroatoms. The van der Waals surface area contributed by atoms with Crippen LogP contribution in [-0.2, 0) is 10.0 Å². The van der Waals surface area contributed by atoms with Crippen LogP contribution in [0.5, 0.6) is 5.75 Å². The molecule has 1 aromatic carbocycles. The first-order valence-electron chi connectivity index (χ1n) is 5.05. The van der Waals surface area contributed by atoms with Crippen LogP contribution in [0.2, 0.25) is 0 Å². The minimum Gasteiger partial charge on any atom is -0.433 e. The molecule has 0 saturated heterocycles. The largest absolute Gasteiger partial charge is 0.433 e. The van der Waals surface area contributed by atoms with Gasteiger partial charge in [0.1, 0.15) is 5.75 Å². The molecule has 0 unspecified atom stereocenters. The molecule has 0 aliphatic carbocycles. The molecule has 0 heterocycles. The van der Waals surface area contributed by atoms with E-state index < -0.39 is 16.6 Å². The van der Waals surface area contributed by atoms with Crippen LogP contribution >= 0.6 is 11.6 Å². The lowest BCUT2D eigenvalue weighted by Crippen LogP contribution is -2.18. The second kappa shape index (κ2) is 6.75. The first kappa shape index (κ1) is 15.0. The van der Waals surface area contributed by atoms with E-state index in [4.69, 9.17) is 11.6 Å².